The molecule has 1 aliphatic heterocycles. The van der Waals surface area contributed by atoms with Crippen molar-refractivity contribution in [2.45, 2.75) is 65.5 Å². The average Bonchev–Trinajstić information content (AvgIpc) is 2.90. The highest BCUT2D eigenvalue weighted by Gasteiger charge is 2.81. The van der Waals surface area contributed by atoms with Gasteiger partial charge in [0.1, 0.15) is 22.7 Å². The van der Waals surface area contributed by atoms with Gasteiger partial charge in [-0.2, -0.15) is 0 Å². The van der Waals surface area contributed by atoms with Crippen LogP contribution in [0.1, 0.15) is 48.5 Å². The molecule has 0 bridgehead atoms. The molecule has 7 heteroatoms. The summed E-state index contributed by atoms with van der Waals surface area (Å²) in [5.74, 6) is -5.76. The number of carbonyl (C=O) groups excluding carboxylic acids is 2. The number of aliphatic hydroxyl groups is 4. The molecular weight excluding hydrogens is 400 g/mol. The third-order valence-corrected chi connectivity index (χ3v) is 7.48. The Morgan fingerprint density at radius 2 is 1.58 bits per heavy atom. The van der Waals surface area contributed by atoms with E-state index in [4.69, 9.17) is 4.74 Å². The maximum Gasteiger partial charge on any atom is 0.213 e. The zero-order valence-electron chi connectivity index (χ0n) is 18.9. The minimum absolute atomic E-state index is 0.0703. The molecule has 3 rings (SSSR count). The van der Waals surface area contributed by atoms with Gasteiger partial charge in [0.05, 0.1) is 5.41 Å². The summed E-state index contributed by atoms with van der Waals surface area (Å²) in [4.78, 5) is 26.9. The van der Waals surface area contributed by atoms with E-state index in [0.717, 1.165) is 0 Å². The van der Waals surface area contributed by atoms with E-state index in [0.29, 0.717) is 0 Å². The van der Waals surface area contributed by atoms with Crippen molar-refractivity contribution >= 4 is 11.6 Å². The minimum atomic E-state index is -2.49. The zero-order chi connectivity index (χ0) is 23.7. The molecule has 0 aromatic heterocycles. The lowest BCUT2D eigenvalue weighted by molar-refractivity contribution is -0.314. The van der Waals surface area contributed by atoms with Crippen LogP contribution in [0.15, 0.2) is 58.1 Å². The molecule has 2 aliphatic carbocycles. The first-order valence-electron chi connectivity index (χ1n) is 10.2. The number of aliphatic hydroxyl groups excluding tert-OH is 2. The number of hydrogen-bond acceptors (Lipinski definition) is 7. The van der Waals surface area contributed by atoms with E-state index in [1.165, 1.54) is 53.7 Å². The highest BCUT2D eigenvalue weighted by atomic mass is 16.7. The Morgan fingerprint density at radius 3 is 2.13 bits per heavy atom. The number of ether oxygens (including phenoxy) is 1. The summed E-state index contributed by atoms with van der Waals surface area (Å²) in [6.07, 6.45) is 6.27. The molecule has 3 aliphatic rings. The SMILES string of the molecule is C/C=C/C=C/C(O)=C1/C(O)=C(C)C(=O)[C@]2(C)O[C@]3(O)[C@](C)(O)C(C)=C(C)C(=O)[C@]3(C)[C@H]12. The molecule has 4 N–H and O–H groups in total. The maximum atomic E-state index is 13.6. The lowest BCUT2D eigenvalue weighted by Gasteiger charge is -2.51. The largest absolute Gasteiger partial charge is 0.508 e. The molecule has 1 heterocycles. The second-order valence-corrected chi connectivity index (χ2v) is 9.13. The van der Waals surface area contributed by atoms with Gasteiger partial charge >= 0.3 is 0 Å². The normalized spacial score (nSPS) is 42.7. The van der Waals surface area contributed by atoms with Crippen molar-refractivity contribution in [2.24, 2.45) is 11.3 Å². The van der Waals surface area contributed by atoms with Crippen LogP contribution in [0.3, 0.4) is 0 Å². The van der Waals surface area contributed by atoms with Gasteiger partial charge in [0.25, 0.3) is 0 Å². The van der Waals surface area contributed by atoms with E-state index < -0.39 is 45.6 Å². The molecule has 7 nitrogen and oxygen atoms in total. The smallest absolute Gasteiger partial charge is 0.213 e. The van der Waals surface area contributed by atoms with Gasteiger partial charge in [0.2, 0.25) is 5.79 Å². The van der Waals surface area contributed by atoms with E-state index >= 15 is 0 Å². The van der Waals surface area contributed by atoms with Crippen LogP contribution >= 0.6 is 0 Å². The lowest BCUT2D eigenvalue weighted by atomic mass is 9.52. The highest BCUT2D eigenvalue weighted by molar-refractivity contribution is 6.09. The van der Waals surface area contributed by atoms with Crippen LogP contribution in [-0.4, -0.2) is 49.0 Å². The van der Waals surface area contributed by atoms with Crippen molar-refractivity contribution in [3.05, 3.63) is 58.1 Å². The Balaban J connectivity index is 2.45. The average molecular weight is 430 g/mol. The van der Waals surface area contributed by atoms with Gasteiger partial charge in [-0.1, -0.05) is 18.2 Å². The number of hydrogen-bond donors (Lipinski definition) is 4. The topological polar surface area (TPSA) is 124 Å². The molecular formula is C24H30O7. The number of Topliss-reactive ketones (excluding diaryl/α,β-unsaturated/α-hetero) is 2. The molecule has 0 aromatic carbocycles. The Hall–Kier alpha value is -2.48. The van der Waals surface area contributed by atoms with Crippen molar-refractivity contribution < 1.29 is 34.8 Å². The summed E-state index contributed by atoms with van der Waals surface area (Å²) in [6, 6.07) is 0. The van der Waals surface area contributed by atoms with Crippen molar-refractivity contribution in [1.29, 1.82) is 0 Å². The van der Waals surface area contributed by atoms with Crippen LogP contribution in [-0.2, 0) is 14.3 Å². The third kappa shape index (κ3) is 2.51. The number of rotatable bonds is 2. The van der Waals surface area contributed by atoms with Gasteiger partial charge < -0.3 is 25.2 Å². The summed E-state index contributed by atoms with van der Waals surface area (Å²) in [5.41, 5.74) is -5.41. The number of carbonyl (C=O) groups is 2. The van der Waals surface area contributed by atoms with E-state index in [2.05, 4.69) is 0 Å². The molecule has 0 aromatic rings. The van der Waals surface area contributed by atoms with Crippen molar-refractivity contribution in [2.75, 3.05) is 0 Å². The third-order valence-electron chi connectivity index (χ3n) is 7.48. The van der Waals surface area contributed by atoms with E-state index in [1.807, 2.05) is 0 Å². The highest BCUT2D eigenvalue weighted by Crippen LogP contribution is 2.67. The molecule has 5 atom stereocenters. The van der Waals surface area contributed by atoms with Crippen LogP contribution in [0.25, 0.3) is 0 Å². The van der Waals surface area contributed by atoms with Gasteiger partial charge in [-0.15, -0.1) is 0 Å². The monoisotopic (exact) mass is 430 g/mol. The Bertz CT molecular complexity index is 1040. The molecule has 168 valence electrons. The van der Waals surface area contributed by atoms with Crippen molar-refractivity contribution in [1.82, 2.24) is 0 Å². The van der Waals surface area contributed by atoms with Crippen LogP contribution in [0.2, 0.25) is 0 Å². The fraction of sp³-hybridized carbons (Fsp3) is 0.500. The molecule has 0 unspecified atom stereocenters. The Kier molecular flexibility index (Phi) is 5.05. The second-order valence-electron chi connectivity index (χ2n) is 9.13. The summed E-state index contributed by atoms with van der Waals surface area (Å²) < 4.78 is 5.96. The van der Waals surface area contributed by atoms with Crippen molar-refractivity contribution in [3.63, 3.8) is 0 Å². The summed E-state index contributed by atoms with van der Waals surface area (Å²) >= 11 is 0. The second kappa shape index (κ2) is 6.76. The van der Waals surface area contributed by atoms with E-state index in [-0.39, 0.29) is 28.1 Å². The van der Waals surface area contributed by atoms with Crippen molar-refractivity contribution in [3.8, 4) is 0 Å². The number of ketones is 2. The van der Waals surface area contributed by atoms with Crippen LogP contribution in [0.5, 0.6) is 0 Å². The van der Waals surface area contributed by atoms with E-state index in [1.54, 1.807) is 19.1 Å². The lowest BCUT2D eigenvalue weighted by Crippen LogP contribution is -2.67. The predicted molar refractivity (Wildman–Crippen MR) is 114 cm³/mol. The summed E-state index contributed by atoms with van der Waals surface area (Å²) in [7, 11) is 0. The van der Waals surface area contributed by atoms with Gasteiger partial charge in [-0.3, -0.25) is 9.59 Å². The summed E-state index contributed by atoms with van der Waals surface area (Å²) in [5, 5.41) is 44.8. The Morgan fingerprint density at radius 1 is 1.00 bits per heavy atom. The molecule has 0 spiro atoms. The molecule has 1 fully saturated rings. The standard InChI is InChI=1S/C24H30O7/c1-8-9-10-11-15(25)16-17(26)13(3)20(28)22(6)18(16)21(5)19(27)12(2)14(4)23(7,29)24(21,30)31-22/h8-11,18,25-26,29-30H,1-7H3/b9-8+,11-10+,16-15+/t18-,21-,22+,23+,24-/m0/s1. The van der Waals surface area contributed by atoms with Crippen LogP contribution in [0.4, 0.5) is 0 Å². The molecule has 31 heavy (non-hydrogen) atoms. The quantitative estimate of drug-likeness (QED) is 0.392. The van der Waals surface area contributed by atoms with Gasteiger partial charge in [-0.25, -0.2) is 0 Å². The summed E-state index contributed by atoms with van der Waals surface area (Å²) in [6.45, 7) is 10.4. The molecule has 1 saturated heterocycles. The fourth-order valence-electron chi connectivity index (χ4n) is 5.46. The molecule has 0 amide bonds. The van der Waals surface area contributed by atoms with Gasteiger partial charge in [-0.05, 0) is 65.7 Å². The zero-order valence-corrected chi connectivity index (χ0v) is 18.9. The number of allylic oxidation sites excluding steroid dienone is 6. The van der Waals surface area contributed by atoms with Crippen LogP contribution < -0.4 is 0 Å². The first-order valence-corrected chi connectivity index (χ1v) is 10.2. The van der Waals surface area contributed by atoms with Gasteiger partial charge in [0, 0.05) is 17.1 Å². The van der Waals surface area contributed by atoms with Gasteiger partial charge in [0.15, 0.2) is 11.6 Å². The maximum absolute atomic E-state index is 13.6. The fourth-order valence-corrected chi connectivity index (χ4v) is 5.46. The first-order chi connectivity index (χ1) is 14.1. The van der Waals surface area contributed by atoms with E-state index in [9.17, 15) is 30.0 Å². The van der Waals surface area contributed by atoms with Crippen LogP contribution in [0, 0.1) is 11.3 Å². The number of fused-ring (bicyclic) bond motifs is 3. The minimum Gasteiger partial charge on any atom is -0.508 e. The Labute approximate surface area is 181 Å². The molecule has 0 saturated carbocycles. The first kappa shape index (κ1) is 23.2. The molecule has 0 radical (unpaired) electrons. The predicted octanol–water partition coefficient (Wildman–Crippen LogP) is 3.12.